The van der Waals surface area contributed by atoms with Crippen molar-refractivity contribution in [3.05, 3.63) is 53.6 Å². The number of aromatic nitrogens is 1. The largest absolute Gasteiger partial charge is 0.371 e. The van der Waals surface area contributed by atoms with E-state index in [1.54, 1.807) is 23.5 Å². The number of nitrogens with two attached hydrogens (primary N) is 1. The molecule has 2 bridgehead atoms. The summed E-state index contributed by atoms with van der Waals surface area (Å²) in [5, 5.41) is 6.86. The summed E-state index contributed by atoms with van der Waals surface area (Å²) in [6.07, 6.45) is 2.73. The van der Waals surface area contributed by atoms with Gasteiger partial charge in [-0.2, -0.15) is 0 Å². The van der Waals surface area contributed by atoms with Gasteiger partial charge in [0, 0.05) is 23.7 Å². The van der Waals surface area contributed by atoms with Crippen LogP contribution in [-0.4, -0.2) is 38.7 Å². The average molecular weight is 462 g/mol. The predicted molar refractivity (Wildman–Crippen MR) is 119 cm³/mol. The molecule has 0 spiro atoms. The fraction of sp³-hybridized carbons (Fsp3) is 0.286. The Bertz CT molecular complexity index is 1170. The van der Waals surface area contributed by atoms with Crippen LogP contribution >= 0.6 is 22.9 Å². The third-order valence-electron chi connectivity index (χ3n) is 5.49. The summed E-state index contributed by atoms with van der Waals surface area (Å²) >= 11 is 7.68. The molecule has 6 nitrogen and oxygen atoms in total. The number of ether oxygens (including phenoxy) is 1. The maximum absolute atomic E-state index is 11.6. The highest BCUT2D eigenvalue weighted by Gasteiger charge is 2.35. The first-order chi connectivity index (χ1) is 14.4. The van der Waals surface area contributed by atoms with E-state index in [4.69, 9.17) is 26.5 Å². The van der Waals surface area contributed by atoms with E-state index in [1.807, 2.05) is 24.3 Å². The summed E-state index contributed by atoms with van der Waals surface area (Å²) in [7, 11) is -3.74. The smallest absolute Gasteiger partial charge is 0.238 e. The van der Waals surface area contributed by atoms with E-state index in [0.717, 1.165) is 52.8 Å². The zero-order valence-corrected chi connectivity index (χ0v) is 18.4. The molecule has 5 rings (SSSR count). The van der Waals surface area contributed by atoms with Gasteiger partial charge < -0.3 is 9.64 Å². The molecule has 1 aromatic heterocycles. The van der Waals surface area contributed by atoms with Crippen molar-refractivity contribution in [1.29, 1.82) is 0 Å². The first kappa shape index (κ1) is 20.0. The van der Waals surface area contributed by atoms with Crippen molar-refractivity contribution < 1.29 is 13.2 Å². The lowest BCUT2D eigenvalue weighted by molar-refractivity contribution is 0.0305. The highest BCUT2D eigenvalue weighted by atomic mass is 35.5. The van der Waals surface area contributed by atoms with E-state index in [0.29, 0.717) is 5.02 Å². The topological polar surface area (TPSA) is 85.5 Å². The standard InChI is InChI=1S/C21H20ClN3O3S2/c22-15-5-1-13(2-6-15)19-20(14-3-9-18(10-4-14)30(23,26)27)29-21(24-19)25-11-16-7-8-17(12-25)28-16/h1-6,9-10,16-17H,7-8,11-12H2,(H2,23,26,27). The highest BCUT2D eigenvalue weighted by molar-refractivity contribution is 7.89. The van der Waals surface area contributed by atoms with Crippen molar-refractivity contribution in [2.45, 2.75) is 29.9 Å². The van der Waals surface area contributed by atoms with Crippen molar-refractivity contribution >= 4 is 38.1 Å². The molecule has 3 heterocycles. The molecule has 3 aromatic rings. The van der Waals surface area contributed by atoms with Crippen LogP contribution in [0.2, 0.25) is 5.02 Å². The van der Waals surface area contributed by atoms with Gasteiger partial charge in [0.1, 0.15) is 0 Å². The van der Waals surface area contributed by atoms with Gasteiger partial charge in [-0.25, -0.2) is 18.5 Å². The number of anilines is 1. The first-order valence-electron chi connectivity index (χ1n) is 9.67. The Hall–Kier alpha value is -1.97. The number of benzene rings is 2. The number of nitrogens with zero attached hydrogens (tertiary/aromatic N) is 2. The minimum atomic E-state index is -3.74. The summed E-state index contributed by atoms with van der Waals surface area (Å²) in [6.45, 7) is 1.68. The van der Waals surface area contributed by atoms with E-state index >= 15 is 0 Å². The third-order valence-corrected chi connectivity index (χ3v) is 7.84. The second kappa shape index (κ2) is 7.62. The normalized spacial score (nSPS) is 21.2. The molecule has 9 heteroatoms. The van der Waals surface area contributed by atoms with Gasteiger partial charge in [0.25, 0.3) is 0 Å². The van der Waals surface area contributed by atoms with Crippen LogP contribution < -0.4 is 10.0 Å². The zero-order valence-electron chi connectivity index (χ0n) is 16.0. The van der Waals surface area contributed by atoms with Gasteiger partial charge in [0.15, 0.2) is 5.13 Å². The summed E-state index contributed by atoms with van der Waals surface area (Å²) in [5.74, 6) is 0. The van der Waals surface area contributed by atoms with Gasteiger partial charge in [-0.05, 0) is 42.7 Å². The second-order valence-electron chi connectivity index (χ2n) is 7.61. The van der Waals surface area contributed by atoms with Crippen molar-refractivity contribution in [2.75, 3.05) is 18.0 Å². The van der Waals surface area contributed by atoms with E-state index in [-0.39, 0.29) is 17.1 Å². The van der Waals surface area contributed by atoms with Crippen LogP contribution in [0.5, 0.6) is 0 Å². The quantitative estimate of drug-likeness (QED) is 0.630. The van der Waals surface area contributed by atoms with Crippen LogP contribution in [0.15, 0.2) is 53.4 Å². The molecule has 0 aliphatic carbocycles. The van der Waals surface area contributed by atoms with Crippen LogP contribution in [0.25, 0.3) is 21.7 Å². The van der Waals surface area contributed by atoms with Crippen LogP contribution in [-0.2, 0) is 14.8 Å². The fourth-order valence-electron chi connectivity index (χ4n) is 4.01. The number of hydrogen-bond acceptors (Lipinski definition) is 6. The van der Waals surface area contributed by atoms with Crippen LogP contribution in [0.1, 0.15) is 12.8 Å². The molecule has 2 aromatic carbocycles. The molecular weight excluding hydrogens is 442 g/mol. The number of hydrogen-bond donors (Lipinski definition) is 1. The number of halogens is 1. The molecule has 156 valence electrons. The maximum Gasteiger partial charge on any atom is 0.238 e. The number of thiazole rings is 1. The Balaban J connectivity index is 1.57. The maximum atomic E-state index is 11.6. The minimum Gasteiger partial charge on any atom is -0.371 e. The lowest BCUT2D eigenvalue weighted by Crippen LogP contribution is -2.42. The second-order valence-corrected chi connectivity index (χ2v) is 10.6. The molecule has 2 atom stereocenters. The van der Waals surface area contributed by atoms with Gasteiger partial charge in [-0.15, -0.1) is 0 Å². The Morgan fingerprint density at radius 3 is 2.20 bits per heavy atom. The van der Waals surface area contributed by atoms with E-state index in [9.17, 15) is 8.42 Å². The lowest BCUT2D eigenvalue weighted by atomic mass is 10.1. The molecule has 0 saturated carbocycles. The molecule has 2 unspecified atom stereocenters. The number of rotatable bonds is 4. The van der Waals surface area contributed by atoms with E-state index in [1.165, 1.54) is 12.1 Å². The average Bonchev–Trinajstić information content (AvgIpc) is 3.31. The van der Waals surface area contributed by atoms with Crippen molar-refractivity contribution in [3.63, 3.8) is 0 Å². The molecule has 0 amide bonds. The Labute approximate surface area is 184 Å². The zero-order chi connectivity index (χ0) is 20.9. The third kappa shape index (κ3) is 3.86. The Morgan fingerprint density at radius 1 is 1.00 bits per heavy atom. The molecule has 2 fully saturated rings. The monoisotopic (exact) mass is 461 g/mol. The minimum absolute atomic E-state index is 0.0915. The SMILES string of the molecule is NS(=O)(=O)c1ccc(-c2sc(N3CC4CCC(C3)O4)nc2-c2ccc(Cl)cc2)cc1. The van der Waals surface area contributed by atoms with Gasteiger partial charge in [0.05, 0.1) is 27.7 Å². The van der Waals surface area contributed by atoms with Crippen molar-refractivity contribution in [3.8, 4) is 21.7 Å². The van der Waals surface area contributed by atoms with Gasteiger partial charge in [-0.1, -0.05) is 47.2 Å². The Morgan fingerprint density at radius 2 is 1.60 bits per heavy atom. The highest BCUT2D eigenvalue weighted by Crippen LogP contribution is 2.42. The molecule has 2 saturated heterocycles. The summed E-state index contributed by atoms with van der Waals surface area (Å²) in [6, 6.07) is 14.2. The number of primary sulfonamides is 1. The summed E-state index contributed by atoms with van der Waals surface area (Å²) in [4.78, 5) is 8.35. The fourth-order valence-corrected chi connectivity index (χ4v) is 5.76. The van der Waals surface area contributed by atoms with E-state index in [2.05, 4.69) is 4.90 Å². The van der Waals surface area contributed by atoms with Crippen LogP contribution in [0.4, 0.5) is 5.13 Å². The number of sulfonamides is 1. The van der Waals surface area contributed by atoms with Gasteiger partial charge in [0.2, 0.25) is 10.0 Å². The summed E-state index contributed by atoms with van der Waals surface area (Å²) in [5.41, 5.74) is 2.71. The van der Waals surface area contributed by atoms with Gasteiger partial charge >= 0.3 is 0 Å². The molecule has 2 aliphatic rings. The first-order valence-corrected chi connectivity index (χ1v) is 12.4. The predicted octanol–water partition coefficient (Wildman–Crippen LogP) is 4.15. The molecule has 30 heavy (non-hydrogen) atoms. The molecule has 0 radical (unpaired) electrons. The number of morpholine rings is 1. The summed E-state index contributed by atoms with van der Waals surface area (Å²) < 4.78 is 29.2. The van der Waals surface area contributed by atoms with Crippen LogP contribution in [0.3, 0.4) is 0 Å². The molecule has 2 N–H and O–H groups in total. The number of fused-ring (bicyclic) bond motifs is 2. The van der Waals surface area contributed by atoms with Crippen LogP contribution in [0, 0.1) is 0 Å². The van der Waals surface area contributed by atoms with Crippen molar-refractivity contribution in [1.82, 2.24) is 4.98 Å². The van der Waals surface area contributed by atoms with Gasteiger partial charge in [-0.3, -0.25) is 0 Å². The molecular formula is C21H20ClN3O3S2. The van der Waals surface area contributed by atoms with E-state index < -0.39 is 10.0 Å². The Kier molecular flexibility index (Phi) is 5.07. The lowest BCUT2D eigenvalue weighted by Gasteiger charge is -2.31. The van der Waals surface area contributed by atoms with Crippen molar-refractivity contribution in [2.24, 2.45) is 5.14 Å². The molecule has 2 aliphatic heterocycles.